The third kappa shape index (κ3) is 4.20. The highest BCUT2D eigenvalue weighted by atomic mass is 16.5. The van der Waals surface area contributed by atoms with Crippen molar-refractivity contribution in [3.8, 4) is 5.88 Å². The molecule has 0 bridgehead atoms. The van der Waals surface area contributed by atoms with Gasteiger partial charge in [0.2, 0.25) is 11.8 Å². The van der Waals surface area contributed by atoms with E-state index in [-0.39, 0.29) is 0 Å². The van der Waals surface area contributed by atoms with Gasteiger partial charge in [0.05, 0.1) is 6.61 Å². The molecule has 0 amide bonds. The lowest BCUT2D eigenvalue weighted by Crippen LogP contribution is -2.02. The molecule has 5 nitrogen and oxygen atoms in total. The summed E-state index contributed by atoms with van der Waals surface area (Å²) < 4.78 is 5.36. The summed E-state index contributed by atoms with van der Waals surface area (Å²) in [5.41, 5.74) is 7.75. The second-order valence-electron chi connectivity index (χ2n) is 4.37. The molecule has 2 aromatic rings. The minimum absolute atomic E-state index is 0.534. The number of nitrogens with two attached hydrogens (primary N) is 1. The molecule has 1 aromatic carbocycles. The number of anilines is 2. The molecule has 106 valence electrons. The van der Waals surface area contributed by atoms with E-state index in [4.69, 9.17) is 10.5 Å². The molecule has 0 saturated carbocycles. The Morgan fingerprint density at radius 1 is 1.30 bits per heavy atom. The first kappa shape index (κ1) is 14.3. The van der Waals surface area contributed by atoms with E-state index in [2.05, 4.69) is 27.4 Å². The molecular formula is C15H20N4O. The standard InChI is InChI=1S/C15H20N4O/c1-2-20-14-8-10-17-15(19-14)18-13-7-3-5-12(11-13)6-4-9-16/h3,5,7-8,10-11H,2,4,6,9,16H2,1H3,(H,17,18,19). The summed E-state index contributed by atoms with van der Waals surface area (Å²) >= 11 is 0. The van der Waals surface area contributed by atoms with Crippen molar-refractivity contribution in [2.75, 3.05) is 18.5 Å². The fourth-order valence-corrected chi connectivity index (χ4v) is 1.87. The third-order valence-corrected chi connectivity index (χ3v) is 2.77. The number of hydrogen-bond acceptors (Lipinski definition) is 5. The van der Waals surface area contributed by atoms with Crippen LogP contribution in [-0.2, 0) is 6.42 Å². The van der Waals surface area contributed by atoms with Gasteiger partial charge >= 0.3 is 0 Å². The largest absolute Gasteiger partial charge is 0.478 e. The van der Waals surface area contributed by atoms with Crippen molar-refractivity contribution in [1.82, 2.24) is 9.97 Å². The Labute approximate surface area is 119 Å². The summed E-state index contributed by atoms with van der Waals surface area (Å²) in [5, 5.41) is 3.19. The molecule has 2 rings (SSSR count). The summed E-state index contributed by atoms with van der Waals surface area (Å²) in [5.74, 6) is 1.11. The van der Waals surface area contributed by atoms with Crippen LogP contribution in [0.15, 0.2) is 36.5 Å². The van der Waals surface area contributed by atoms with Crippen LogP contribution in [0.4, 0.5) is 11.6 Å². The summed E-state index contributed by atoms with van der Waals surface area (Å²) in [7, 11) is 0. The molecule has 20 heavy (non-hydrogen) atoms. The predicted octanol–water partition coefficient (Wildman–Crippen LogP) is 2.51. The predicted molar refractivity (Wildman–Crippen MR) is 80.3 cm³/mol. The first-order chi connectivity index (χ1) is 9.81. The van der Waals surface area contributed by atoms with E-state index in [1.165, 1.54) is 5.56 Å². The summed E-state index contributed by atoms with van der Waals surface area (Å²) in [4.78, 5) is 8.47. The van der Waals surface area contributed by atoms with Crippen LogP contribution in [0.3, 0.4) is 0 Å². The average Bonchev–Trinajstić information content (AvgIpc) is 2.46. The second kappa shape index (κ2) is 7.45. The Morgan fingerprint density at radius 2 is 2.20 bits per heavy atom. The van der Waals surface area contributed by atoms with Crippen LogP contribution in [0, 0.1) is 0 Å². The monoisotopic (exact) mass is 272 g/mol. The van der Waals surface area contributed by atoms with Gasteiger partial charge in [-0.1, -0.05) is 12.1 Å². The van der Waals surface area contributed by atoms with Gasteiger partial charge in [0.1, 0.15) is 0 Å². The Balaban J connectivity index is 2.07. The second-order valence-corrected chi connectivity index (χ2v) is 4.37. The van der Waals surface area contributed by atoms with Gasteiger partial charge in [-0.15, -0.1) is 0 Å². The zero-order valence-electron chi connectivity index (χ0n) is 11.7. The third-order valence-electron chi connectivity index (χ3n) is 2.77. The highest BCUT2D eigenvalue weighted by Gasteiger charge is 2.01. The summed E-state index contributed by atoms with van der Waals surface area (Å²) in [6.45, 7) is 3.22. The molecule has 0 aliphatic heterocycles. The van der Waals surface area contributed by atoms with Crippen molar-refractivity contribution in [2.24, 2.45) is 5.73 Å². The van der Waals surface area contributed by atoms with Gasteiger partial charge in [0.15, 0.2) is 0 Å². The molecule has 1 aromatic heterocycles. The number of benzene rings is 1. The lowest BCUT2D eigenvalue weighted by Gasteiger charge is -2.08. The summed E-state index contributed by atoms with van der Waals surface area (Å²) in [6.07, 6.45) is 3.64. The van der Waals surface area contributed by atoms with E-state index in [9.17, 15) is 0 Å². The molecular weight excluding hydrogens is 252 g/mol. The van der Waals surface area contributed by atoms with E-state index < -0.39 is 0 Å². The van der Waals surface area contributed by atoms with Crippen LogP contribution >= 0.6 is 0 Å². The Morgan fingerprint density at radius 3 is 3.00 bits per heavy atom. The van der Waals surface area contributed by atoms with E-state index in [1.807, 2.05) is 19.1 Å². The SMILES string of the molecule is CCOc1ccnc(Nc2cccc(CCCN)c2)n1. The first-order valence-corrected chi connectivity index (χ1v) is 6.83. The van der Waals surface area contributed by atoms with Gasteiger partial charge in [-0.05, 0) is 44.0 Å². The van der Waals surface area contributed by atoms with Crippen molar-refractivity contribution >= 4 is 11.6 Å². The maximum Gasteiger partial charge on any atom is 0.230 e. The summed E-state index contributed by atoms with van der Waals surface area (Å²) in [6, 6.07) is 9.93. The molecule has 1 heterocycles. The van der Waals surface area contributed by atoms with Crippen molar-refractivity contribution in [3.05, 3.63) is 42.1 Å². The van der Waals surface area contributed by atoms with Gasteiger partial charge in [0.25, 0.3) is 0 Å². The van der Waals surface area contributed by atoms with Gasteiger partial charge < -0.3 is 15.8 Å². The molecule has 3 N–H and O–H groups in total. The number of rotatable bonds is 7. The van der Waals surface area contributed by atoms with Gasteiger partial charge in [-0.25, -0.2) is 4.98 Å². The normalized spacial score (nSPS) is 10.3. The zero-order chi connectivity index (χ0) is 14.2. The lowest BCUT2D eigenvalue weighted by molar-refractivity contribution is 0.327. The fourth-order valence-electron chi connectivity index (χ4n) is 1.87. The molecule has 0 atom stereocenters. The smallest absolute Gasteiger partial charge is 0.230 e. The van der Waals surface area contributed by atoms with Crippen molar-refractivity contribution in [1.29, 1.82) is 0 Å². The maximum absolute atomic E-state index is 5.53. The molecule has 5 heteroatoms. The minimum Gasteiger partial charge on any atom is -0.478 e. The molecule has 0 unspecified atom stereocenters. The molecule has 0 radical (unpaired) electrons. The first-order valence-electron chi connectivity index (χ1n) is 6.83. The Bertz CT molecular complexity index is 545. The maximum atomic E-state index is 5.53. The quantitative estimate of drug-likeness (QED) is 0.810. The van der Waals surface area contributed by atoms with Crippen molar-refractivity contribution < 1.29 is 4.74 Å². The van der Waals surface area contributed by atoms with Crippen LogP contribution in [0.5, 0.6) is 5.88 Å². The molecule has 0 aliphatic rings. The topological polar surface area (TPSA) is 73.1 Å². The van der Waals surface area contributed by atoms with Crippen molar-refractivity contribution in [3.63, 3.8) is 0 Å². The van der Waals surface area contributed by atoms with Crippen molar-refractivity contribution in [2.45, 2.75) is 19.8 Å². The van der Waals surface area contributed by atoms with Crippen LogP contribution in [-0.4, -0.2) is 23.1 Å². The number of ether oxygens (including phenoxy) is 1. The Kier molecular flexibility index (Phi) is 5.32. The zero-order valence-corrected chi connectivity index (χ0v) is 11.7. The van der Waals surface area contributed by atoms with Crippen LogP contribution in [0.2, 0.25) is 0 Å². The van der Waals surface area contributed by atoms with E-state index in [0.29, 0.717) is 25.0 Å². The van der Waals surface area contributed by atoms with E-state index in [1.54, 1.807) is 12.3 Å². The van der Waals surface area contributed by atoms with Gasteiger partial charge in [0, 0.05) is 18.0 Å². The number of aromatic nitrogens is 2. The van der Waals surface area contributed by atoms with Crippen LogP contribution < -0.4 is 15.8 Å². The molecule has 0 fully saturated rings. The number of nitrogens with zero attached hydrogens (tertiary/aromatic N) is 2. The molecule has 0 saturated heterocycles. The highest BCUT2D eigenvalue weighted by molar-refractivity contribution is 5.54. The number of hydrogen-bond donors (Lipinski definition) is 2. The van der Waals surface area contributed by atoms with Crippen LogP contribution in [0.1, 0.15) is 18.9 Å². The average molecular weight is 272 g/mol. The molecule has 0 spiro atoms. The number of nitrogens with one attached hydrogen (secondary N) is 1. The van der Waals surface area contributed by atoms with E-state index in [0.717, 1.165) is 18.5 Å². The highest BCUT2D eigenvalue weighted by Crippen LogP contribution is 2.17. The lowest BCUT2D eigenvalue weighted by atomic mass is 10.1. The van der Waals surface area contributed by atoms with Gasteiger partial charge in [-0.3, -0.25) is 0 Å². The Hall–Kier alpha value is -2.14. The minimum atomic E-state index is 0.534. The van der Waals surface area contributed by atoms with Gasteiger partial charge in [-0.2, -0.15) is 4.98 Å². The molecule has 0 aliphatic carbocycles. The number of aryl methyl sites for hydroxylation is 1. The fraction of sp³-hybridized carbons (Fsp3) is 0.333. The van der Waals surface area contributed by atoms with Crippen LogP contribution in [0.25, 0.3) is 0 Å². The van der Waals surface area contributed by atoms with E-state index >= 15 is 0 Å².